The fraction of sp³-hybridized carbons (Fsp3) is 0.286. The van der Waals surface area contributed by atoms with Crippen LogP contribution in [0, 0.1) is 6.92 Å². The summed E-state index contributed by atoms with van der Waals surface area (Å²) in [6.07, 6.45) is 0.0456. The quantitative estimate of drug-likeness (QED) is 0.652. The van der Waals surface area contributed by atoms with Crippen LogP contribution in [-0.4, -0.2) is 39.8 Å². The number of methoxy groups -OCH3 is 1. The van der Waals surface area contributed by atoms with E-state index in [-0.39, 0.29) is 36.0 Å². The van der Waals surface area contributed by atoms with Gasteiger partial charge in [0.1, 0.15) is 5.84 Å². The lowest BCUT2D eigenvalue weighted by atomic mass is 10.0. The second-order valence-electron chi connectivity index (χ2n) is 6.89. The van der Waals surface area contributed by atoms with Crippen LogP contribution in [0.2, 0.25) is 0 Å². The first-order valence-corrected chi connectivity index (χ1v) is 10.9. The molecule has 1 atom stereocenters. The summed E-state index contributed by atoms with van der Waals surface area (Å²) in [7, 11) is -2.31. The number of fused-ring (bicyclic) bond motifs is 1. The highest BCUT2D eigenvalue weighted by Gasteiger charge is 2.30. The van der Waals surface area contributed by atoms with E-state index in [9.17, 15) is 18.0 Å². The van der Waals surface area contributed by atoms with Gasteiger partial charge in [0.05, 0.1) is 31.0 Å². The summed E-state index contributed by atoms with van der Waals surface area (Å²) in [4.78, 5) is 28.6. The Kier molecular flexibility index (Phi) is 6.51. The standard InChI is InChI=1S/C21H23N3O5S/c1-14-7-9-15(10-8-14)17(13-20(26)29-2)23-19(25)11-12-22-21-16-5-3-4-6-18(16)30(27,28)24-21/h3-10,17H,11-13H2,1-2H3,(H,22,24)(H,23,25)/t17-/m0/s1. The summed E-state index contributed by atoms with van der Waals surface area (Å²) in [6, 6.07) is 13.5. The Hall–Kier alpha value is -3.20. The van der Waals surface area contributed by atoms with Gasteiger partial charge in [0.15, 0.2) is 0 Å². The van der Waals surface area contributed by atoms with Crippen LogP contribution >= 0.6 is 0 Å². The van der Waals surface area contributed by atoms with Crippen molar-refractivity contribution >= 4 is 27.7 Å². The third kappa shape index (κ3) is 5.04. The molecule has 1 aliphatic heterocycles. The van der Waals surface area contributed by atoms with Gasteiger partial charge in [0, 0.05) is 12.0 Å². The third-order valence-corrected chi connectivity index (χ3v) is 6.08. The van der Waals surface area contributed by atoms with Gasteiger partial charge in [-0.15, -0.1) is 0 Å². The first-order chi connectivity index (χ1) is 14.3. The van der Waals surface area contributed by atoms with Gasteiger partial charge in [0.2, 0.25) is 5.91 Å². The predicted molar refractivity (Wildman–Crippen MR) is 111 cm³/mol. The van der Waals surface area contributed by atoms with E-state index in [0.717, 1.165) is 11.1 Å². The summed E-state index contributed by atoms with van der Waals surface area (Å²) in [5.41, 5.74) is 2.35. The minimum Gasteiger partial charge on any atom is -0.469 e. The molecular formula is C21H23N3O5S. The van der Waals surface area contributed by atoms with E-state index in [1.54, 1.807) is 18.2 Å². The molecule has 2 aromatic carbocycles. The first-order valence-electron chi connectivity index (χ1n) is 9.39. The Morgan fingerprint density at radius 2 is 1.83 bits per heavy atom. The molecule has 1 aliphatic rings. The summed E-state index contributed by atoms with van der Waals surface area (Å²) in [5, 5.41) is 2.83. The van der Waals surface area contributed by atoms with E-state index in [4.69, 9.17) is 4.74 Å². The number of esters is 1. The zero-order valence-electron chi connectivity index (χ0n) is 16.7. The fourth-order valence-electron chi connectivity index (χ4n) is 3.09. The molecule has 2 N–H and O–H groups in total. The smallest absolute Gasteiger partial charge is 0.307 e. The van der Waals surface area contributed by atoms with E-state index in [1.165, 1.54) is 13.2 Å². The number of amidine groups is 1. The molecule has 30 heavy (non-hydrogen) atoms. The van der Waals surface area contributed by atoms with Crippen molar-refractivity contribution in [2.75, 3.05) is 13.7 Å². The van der Waals surface area contributed by atoms with Crippen LogP contribution in [-0.2, 0) is 24.3 Å². The number of carbonyl (C=O) groups is 2. The molecule has 0 fully saturated rings. The van der Waals surface area contributed by atoms with Gasteiger partial charge < -0.3 is 10.1 Å². The minimum atomic E-state index is -3.61. The zero-order chi connectivity index (χ0) is 21.7. The van der Waals surface area contributed by atoms with Crippen LogP contribution in [0.25, 0.3) is 0 Å². The fourth-order valence-corrected chi connectivity index (χ4v) is 4.34. The molecule has 0 radical (unpaired) electrons. The Morgan fingerprint density at radius 1 is 1.13 bits per heavy atom. The number of aryl methyl sites for hydroxylation is 1. The minimum absolute atomic E-state index is 0.00694. The van der Waals surface area contributed by atoms with E-state index < -0.39 is 22.0 Å². The van der Waals surface area contributed by atoms with Gasteiger partial charge >= 0.3 is 5.97 Å². The molecule has 0 aliphatic carbocycles. The summed E-state index contributed by atoms with van der Waals surface area (Å²) < 4.78 is 31.3. The molecular weight excluding hydrogens is 406 g/mol. The second-order valence-corrected chi connectivity index (χ2v) is 8.54. The highest BCUT2D eigenvalue weighted by Crippen LogP contribution is 2.22. The largest absolute Gasteiger partial charge is 0.469 e. The highest BCUT2D eigenvalue weighted by atomic mass is 32.2. The van der Waals surface area contributed by atoms with Crippen LogP contribution in [0.4, 0.5) is 0 Å². The van der Waals surface area contributed by atoms with Gasteiger partial charge in [-0.2, -0.15) is 0 Å². The van der Waals surface area contributed by atoms with Crippen molar-refractivity contribution in [2.45, 2.75) is 30.7 Å². The molecule has 0 aromatic heterocycles. The lowest BCUT2D eigenvalue weighted by Gasteiger charge is -2.18. The molecule has 8 nitrogen and oxygen atoms in total. The molecule has 9 heteroatoms. The Morgan fingerprint density at radius 3 is 2.53 bits per heavy atom. The van der Waals surface area contributed by atoms with Crippen LogP contribution in [0.1, 0.15) is 35.6 Å². The van der Waals surface area contributed by atoms with Crippen LogP contribution in [0.5, 0.6) is 0 Å². The number of nitrogens with one attached hydrogen (secondary N) is 2. The number of nitrogens with zero attached hydrogens (tertiary/aromatic N) is 1. The predicted octanol–water partition coefficient (Wildman–Crippen LogP) is 1.84. The molecule has 158 valence electrons. The molecule has 0 bridgehead atoms. The van der Waals surface area contributed by atoms with Crippen molar-refractivity contribution in [3.63, 3.8) is 0 Å². The summed E-state index contributed by atoms with van der Waals surface area (Å²) in [6.45, 7) is 2.04. The number of aliphatic imine (C=N–C) groups is 1. The van der Waals surface area contributed by atoms with Gasteiger partial charge in [-0.25, -0.2) is 8.42 Å². The maximum absolute atomic E-state index is 12.4. The van der Waals surface area contributed by atoms with Crippen molar-refractivity contribution in [2.24, 2.45) is 4.99 Å². The van der Waals surface area contributed by atoms with E-state index in [2.05, 4.69) is 15.0 Å². The van der Waals surface area contributed by atoms with Crippen molar-refractivity contribution in [1.29, 1.82) is 0 Å². The lowest BCUT2D eigenvalue weighted by molar-refractivity contribution is -0.141. The van der Waals surface area contributed by atoms with Gasteiger partial charge in [-0.1, -0.05) is 42.0 Å². The zero-order valence-corrected chi connectivity index (χ0v) is 17.5. The number of hydrogen-bond acceptors (Lipinski definition) is 6. The monoisotopic (exact) mass is 429 g/mol. The molecule has 0 saturated carbocycles. The molecule has 0 saturated heterocycles. The number of sulfonamides is 1. The van der Waals surface area contributed by atoms with Crippen molar-refractivity contribution in [3.05, 3.63) is 65.2 Å². The molecule has 3 rings (SSSR count). The third-order valence-electron chi connectivity index (χ3n) is 4.68. The van der Waals surface area contributed by atoms with Crippen molar-refractivity contribution in [1.82, 2.24) is 10.0 Å². The normalized spacial score (nSPS) is 16.4. The molecule has 1 amide bonds. The summed E-state index contributed by atoms with van der Waals surface area (Å²) >= 11 is 0. The highest BCUT2D eigenvalue weighted by molar-refractivity contribution is 7.90. The Balaban J connectivity index is 1.65. The average molecular weight is 429 g/mol. The number of benzene rings is 2. The Labute approximate surface area is 175 Å². The Bertz CT molecular complexity index is 1080. The number of amides is 1. The van der Waals surface area contributed by atoms with Gasteiger partial charge in [-0.05, 0) is 24.6 Å². The van der Waals surface area contributed by atoms with E-state index in [0.29, 0.717) is 5.56 Å². The van der Waals surface area contributed by atoms with Crippen LogP contribution in [0.3, 0.4) is 0 Å². The van der Waals surface area contributed by atoms with Gasteiger partial charge in [-0.3, -0.25) is 19.3 Å². The molecule has 2 aromatic rings. The lowest BCUT2D eigenvalue weighted by Crippen LogP contribution is -2.31. The van der Waals surface area contributed by atoms with Crippen molar-refractivity contribution < 1.29 is 22.7 Å². The number of ether oxygens (including phenoxy) is 1. The van der Waals surface area contributed by atoms with Gasteiger partial charge in [0.25, 0.3) is 10.0 Å². The maximum atomic E-state index is 12.4. The molecule has 1 heterocycles. The first kappa shape index (κ1) is 21.5. The van der Waals surface area contributed by atoms with Crippen molar-refractivity contribution in [3.8, 4) is 0 Å². The number of carbonyl (C=O) groups excluding carboxylic acids is 2. The summed E-state index contributed by atoms with van der Waals surface area (Å²) in [5.74, 6) is -0.510. The second kappa shape index (κ2) is 9.08. The molecule has 0 unspecified atom stereocenters. The van der Waals surface area contributed by atoms with E-state index >= 15 is 0 Å². The molecule has 0 spiro atoms. The maximum Gasteiger partial charge on any atom is 0.307 e. The van der Waals surface area contributed by atoms with Crippen LogP contribution < -0.4 is 10.0 Å². The topological polar surface area (TPSA) is 114 Å². The number of rotatable bonds is 7. The SMILES string of the molecule is COC(=O)C[C@H](NC(=O)CCN=C1NS(=O)(=O)c2ccccc21)c1ccc(C)cc1. The van der Waals surface area contributed by atoms with E-state index in [1.807, 2.05) is 31.2 Å². The average Bonchev–Trinajstić information content (AvgIpc) is 2.98. The number of hydrogen-bond donors (Lipinski definition) is 2. The van der Waals surface area contributed by atoms with Crippen LogP contribution in [0.15, 0.2) is 58.4 Å².